The molecule has 0 aliphatic carbocycles. The normalized spacial score (nSPS) is 13.1. The number of hydrogen-bond acceptors (Lipinski definition) is 3. The molecule has 0 fully saturated rings. The fraction of sp³-hybridized carbons (Fsp3) is 0.611. The van der Waals surface area contributed by atoms with E-state index < -0.39 is 10.0 Å². The highest BCUT2D eigenvalue weighted by atomic mass is 32.2. The molecule has 0 bridgehead atoms. The van der Waals surface area contributed by atoms with Crippen molar-refractivity contribution in [3.05, 3.63) is 29.3 Å². The monoisotopic (exact) mass is 354 g/mol. The molecule has 0 aliphatic heterocycles. The summed E-state index contributed by atoms with van der Waals surface area (Å²) in [4.78, 5) is 14.1. The van der Waals surface area contributed by atoms with Crippen LogP contribution in [-0.2, 0) is 14.8 Å². The van der Waals surface area contributed by atoms with Gasteiger partial charge in [0.05, 0.1) is 4.90 Å². The molecule has 1 aromatic carbocycles. The van der Waals surface area contributed by atoms with E-state index in [-0.39, 0.29) is 29.8 Å². The van der Waals surface area contributed by atoms with Crippen molar-refractivity contribution in [2.75, 3.05) is 13.6 Å². The fourth-order valence-corrected chi connectivity index (χ4v) is 3.64. The molecule has 24 heavy (non-hydrogen) atoms. The first-order valence-electron chi connectivity index (χ1n) is 8.37. The molecular weight excluding hydrogens is 324 g/mol. The lowest BCUT2D eigenvalue weighted by Crippen LogP contribution is -2.38. The number of hydrogen-bond donors (Lipinski definition) is 1. The molecule has 0 heterocycles. The Morgan fingerprint density at radius 3 is 2.33 bits per heavy atom. The van der Waals surface area contributed by atoms with Gasteiger partial charge in [0.2, 0.25) is 15.9 Å². The number of nitrogens with zero attached hydrogens (tertiary/aromatic N) is 1. The van der Waals surface area contributed by atoms with Gasteiger partial charge in [-0.15, -0.1) is 0 Å². The molecule has 0 saturated carbocycles. The Balaban J connectivity index is 2.59. The molecule has 136 valence electrons. The van der Waals surface area contributed by atoms with Gasteiger partial charge in [0.25, 0.3) is 0 Å². The van der Waals surface area contributed by atoms with Crippen molar-refractivity contribution in [1.29, 1.82) is 0 Å². The Hall–Kier alpha value is -1.40. The highest BCUT2D eigenvalue weighted by molar-refractivity contribution is 7.89. The first kappa shape index (κ1) is 20.6. The summed E-state index contributed by atoms with van der Waals surface area (Å²) in [6, 6.07) is 5.17. The topological polar surface area (TPSA) is 66.5 Å². The second-order valence-electron chi connectivity index (χ2n) is 6.88. The van der Waals surface area contributed by atoms with E-state index in [2.05, 4.69) is 18.6 Å². The van der Waals surface area contributed by atoms with Gasteiger partial charge >= 0.3 is 0 Å². The van der Waals surface area contributed by atoms with Crippen LogP contribution in [0.4, 0.5) is 0 Å². The van der Waals surface area contributed by atoms with Crippen molar-refractivity contribution in [1.82, 2.24) is 9.62 Å². The van der Waals surface area contributed by atoms with Crippen molar-refractivity contribution >= 4 is 15.9 Å². The minimum Gasteiger partial charge on any atom is -0.343 e. The predicted octanol–water partition coefficient (Wildman–Crippen LogP) is 2.86. The van der Waals surface area contributed by atoms with Gasteiger partial charge in [-0.05, 0) is 56.4 Å². The molecule has 0 spiro atoms. The average molecular weight is 355 g/mol. The molecule has 1 aromatic rings. The number of carbonyl (C=O) groups is 1. The summed E-state index contributed by atoms with van der Waals surface area (Å²) < 4.78 is 27.1. The third-order valence-electron chi connectivity index (χ3n) is 4.29. The zero-order valence-electron chi connectivity index (χ0n) is 15.6. The summed E-state index contributed by atoms with van der Waals surface area (Å²) in [6.45, 7) is 10.2. The van der Waals surface area contributed by atoms with Crippen LogP contribution in [0.15, 0.2) is 23.1 Å². The van der Waals surface area contributed by atoms with Crippen molar-refractivity contribution in [3.8, 4) is 0 Å². The van der Waals surface area contributed by atoms with E-state index >= 15 is 0 Å². The Kier molecular flexibility index (Phi) is 7.42. The Morgan fingerprint density at radius 1 is 1.17 bits per heavy atom. The Morgan fingerprint density at radius 2 is 1.79 bits per heavy atom. The summed E-state index contributed by atoms with van der Waals surface area (Å²) in [5.41, 5.74) is 1.97. The van der Waals surface area contributed by atoms with Crippen LogP contribution in [0.1, 0.15) is 44.7 Å². The Labute approximate surface area is 146 Å². The molecule has 1 atom stereocenters. The van der Waals surface area contributed by atoms with Crippen LogP contribution in [0.25, 0.3) is 0 Å². The molecular formula is C18H30N2O3S. The second-order valence-corrected chi connectivity index (χ2v) is 8.64. The zero-order valence-corrected chi connectivity index (χ0v) is 16.4. The van der Waals surface area contributed by atoms with E-state index in [9.17, 15) is 13.2 Å². The first-order valence-corrected chi connectivity index (χ1v) is 9.85. The smallest absolute Gasteiger partial charge is 0.240 e. The fourth-order valence-electron chi connectivity index (χ4n) is 2.52. The molecule has 1 amide bonds. The van der Waals surface area contributed by atoms with Gasteiger partial charge < -0.3 is 4.90 Å². The minimum atomic E-state index is -3.58. The van der Waals surface area contributed by atoms with E-state index in [1.807, 2.05) is 20.8 Å². The number of rotatable bonds is 8. The number of aryl methyl sites for hydroxylation is 2. The van der Waals surface area contributed by atoms with Gasteiger partial charge in [-0.3, -0.25) is 4.79 Å². The lowest BCUT2D eigenvalue weighted by molar-refractivity contribution is -0.131. The van der Waals surface area contributed by atoms with E-state index in [1.165, 1.54) is 0 Å². The lowest BCUT2D eigenvalue weighted by atomic mass is 10.0. The van der Waals surface area contributed by atoms with Crippen LogP contribution < -0.4 is 4.72 Å². The van der Waals surface area contributed by atoms with Crippen molar-refractivity contribution in [2.45, 2.75) is 58.4 Å². The first-order chi connectivity index (χ1) is 11.0. The van der Waals surface area contributed by atoms with Crippen LogP contribution in [-0.4, -0.2) is 38.9 Å². The molecule has 0 aliphatic rings. The van der Waals surface area contributed by atoms with Crippen LogP contribution >= 0.6 is 0 Å². The van der Waals surface area contributed by atoms with Crippen LogP contribution in [0, 0.1) is 19.8 Å². The summed E-state index contributed by atoms with van der Waals surface area (Å²) in [5, 5.41) is 0. The average Bonchev–Trinajstić information content (AvgIpc) is 2.48. The van der Waals surface area contributed by atoms with Gasteiger partial charge in [-0.1, -0.05) is 19.9 Å². The minimum absolute atomic E-state index is 0.0501. The van der Waals surface area contributed by atoms with Crippen molar-refractivity contribution in [3.63, 3.8) is 0 Å². The van der Waals surface area contributed by atoms with Crippen molar-refractivity contribution in [2.24, 2.45) is 5.92 Å². The summed E-state index contributed by atoms with van der Waals surface area (Å²) in [6.07, 6.45) is 1.08. The maximum Gasteiger partial charge on any atom is 0.240 e. The highest BCUT2D eigenvalue weighted by Gasteiger charge is 2.18. The summed E-state index contributed by atoms with van der Waals surface area (Å²) in [5.74, 6) is 0.462. The molecule has 5 nitrogen and oxygen atoms in total. The largest absolute Gasteiger partial charge is 0.343 e. The van der Waals surface area contributed by atoms with Gasteiger partial charge in [0.1, 0.15) is 0 Å². The van der Waals surface area contributed by atoms with Gasteiger partial charge in [-0.2, -0.15) is 0 Å². The van der Waals surface area contributed by atoms with E-state index in [0.717, 1.165) is 17.5 Å². The molecule has 1 unspecified atom stereocenters. The molecule has 6 heteroatoms. The molecule has 1 rings (SSSR count). The number of carbonyl (C=O) groups excluding carboxylic acids is 1. The summed E-state index contributed by atoms with van der Waals surface area (Å²) >= 11 is 0. The standard InChI is InChI=1S/C18H30N2O3S/c1-13(2)11-16(5)20(6)18(21)9-10-19-24(22,23)17-8-7-14(3)15(4)12-17/h7-8,12-13,16,19H,9-11H2,1-6H3. The second kappa shape index (κ2) is 8.62. The Bertz CT molecular complexity index is 669. The predicted molar refractivity (Wildman–Crippen MR) is 97.4 cm³/mol. The molecule has 0 saturated heterocycles. The van der Waals surface area contributed by atoms with Crippen LogP contribution in [0.2, 0.25) is 0 Å². The van der Waals surface area contributed by atoms with Crippen LogP contribution in [0.3, 0.4) is 0 Å². The maximum absolute atomic E-state index is 12.3. The van der Waals surface area contributed by atoms with E-state index in [4.69, 9.17) is 0 Å². The van der Waals surface area contributed by atoms with Gasteiger partial charge in [0, 0.05) is 26.1 Å². The third kappa shape index (κ3) is 5.91. The maximum atomic E-state index is 12.3. The number of benzene rings is 1. The molecule has 1 N–H and O–H groups in total. The van der Waals surface area contributed by atoms with E-state index in [1.54, 1.807) is 30.1 Å². The van der Waals surface area contributed by atoms with Gasteiger partial charge in [-0.25, -0.2) is 13.1 Å². The molecule has 0 radical (unpaired) electrons. The third-order valence-corrected chi connectivity index (χ3v) is 5.75. The summed E-state index contributed by atoms with van der Waals surface area (Å²) in [7, 11) is -1.81. The zero-order chi connectivity index (χ0) is 18.5. The van der Waals surface area contributed by atoms with Gasteiger partial charge in [0.15, 0.2) is 0 Å². The van der Waals surface area contributed by atoms with Crippen molar-refractivity contribution < 1.29 is 13.2 Å². The SMILES string of the molecule is Cc1ccc(S(=O)(=O)NCCC(=O)N(C)C(C)CC(C)C)cc1C. The highest BCUT2D eigenvalue weighted by Crippen LogP contribution is 2.15. The molecule has 0 aromatic heterocycles. The number of amides is 1. The quantitative estimate of drug-likeness (QED) is 0.780. The van der Waals surface area contributed by atoms with E-state index in [0.29, 0.717) is 5.92 Å². The number of sulfonamides is 1. The van der Waals surface area contributed by atoms with Crippen LogP contribution in [0.5, 0.6) is 0 Å². The number of nitrogens with one attached hydrogen (secondary N) is 1. The lowest BCUT2D eigenvalue weighted by Gasteiger charge is -2.26.